The van der Waals surface area contributed by atoms with Crippen LogP contribution in [0.2, 0.25) is 5.02 Å². The zero-order valence-corrected chi connectivity index (χ0v) is 13.2. The smallest absolute Gasteiger partial charge is 0.0802 e. The summed E-state index contributed by atoms with van der Waals surface area (Å²) in [5, 5.41) is 19.9. The molecule has 118 valence electrons. The minimum Gasteiger partial charge on any atom is -0.395 e. The van der Waals surface area contributed by atoms with E-state index >= 15 is 0 Å². The number of nitrogens with zero attached hydrogens (tertiary/aromatic N) is 2. The molecule has 0 bridgehead atoms. The van der Waals surface area contributed by atoms with Crippen LogP contribution in [0.4, 0.5) is 0 Å². The molecule has 2 rings (SSSR count). The van der Waals surface area contributed by atoms with E-state index in [1.165, 1.54) is 0 Å². The number of aliphatic hydroxyl groups excluding tert-OH is 2. The zero-order valence-electron chi connectivity index (χ0n) is 12.4. The maximum atomic E-state index is 10.3. The van der Waals surface area contributed by atoms with Crippen molar-refractivity contribution in [2.24, 2.45) is 0 Å². The summed E-state index contributed by atoms with van der Waals surface area (Å²) in [4.78, 5) is 4.69. The SMILES string of the molecule is OCCN1CCCN(CCC(O)c2cccc(Cl)c2)CC1. The molecule has 0 aliphatic carbocycles. The fourth-order valence-corrected chi connectivity index (χ4v) is 3.00. The van der Waals surface area contributed by atoms with E-state index in [0.29, 0.717) is 5.02 Å². The van der Waals surface area contributed by atoms with Crippen molar-refractivity contribution >= 4 is 11.6 Å². The van der Waals surface area contributed by atoms with Crippen molar-refractivity contribution in [3.05, 3.63) is 34.9 Å². The number of β-amino-alcohol motifs (C(OH)–C–C–N with tert-alkyl or cyclic N) is 1. The zero-order chi connectivity index (χ0) is 15.1. The Kier molecular flexibility index (Phi) is 6.93. The molecule has 0 radical (unpaired) electrons. The molecule has 0 saturated carbocycles. The van der Waals surface area contributed by atoms with Gasteiger partial charge >= 0.3 is 0 Å². The number of benzene rings is 1. The van der Waals surface area contributed by atoms with Crippen molar-refractivity contribution in [3.63, 3.8) is 0 Å². The lowest BCUT2D eigenvalue weighted by Gasteiger charge is -2.22. The van der Waals surface area contributed by atoms with Crippen LogP contribution in [-0.4, -0.2) is 65.9 Å². The third-order valence-electron chi connectivity index (χ3n) is 4.05. The van der Waals surface area contributed by atoms with E-state index in [1.54, 1.807) is 0 Å². The fraction of sp³-hybridized carbons (Fsp3) is 0.625. The molecule has 1 unspecified atom stereocenters. The average Bonchev–Trinajstić information content (AvgIpc) is 2.71. The van der Waals surface area contributed by atoms with Gasteiger partial charge in [0.2, 0.25) is 0 Å². The second-order valence-corrected chi connectivity index (χ2v) is 6.06. The fourth-order valence-electron chi connectivity index (χ4n) is 2.80. The molecular weight excluding hydrogens is 288 g/mol. The number of halogens is 1. The Morgan fingerprint density at radius 2 is 1.81 bits per heavy atom. The highest BCUT2D eigenvalue weighted by Gasteiger charge is 2.16. The lowest BCUT2D eigenvalue weighted by Crippen LogP contribution is -2.33. The Morgan fingerprint density at radius 3 is 2.48 bits per heavy atom. The maximum Gasteiger partial charge on any atom is 0.0802 e. The van der Waals surface area contributed by atoms with Crippen molar-refractivity contribution in [1.29, 1.82) is 0 Å². The summed E-state index contributed by atoms with van der Waals surface area (Å²) < 4.78 is 0. The Labute approximate surface area is 131 Å². The van der Waals surface area contributed by atoms with Crippen LogP contribution in [0.25, 0.3) is 0 Å². The van der Waals surface area contributed by atoms with Crippen LogP contribution in [0.1, 0.15) is 24.5 Å². The molecule has 1 aliphatic rings. The van der Waals surface area contributed by atoms with Crippen LogP contribution >= 0.6 is 11.6 Å². The first-order chi connectivity index (χ1) is 10.2. The van der Waals surface area contributed by atoms with Gasteiger partial charge < -0.3 is 15.1 Å². The molecule has 1 fully saturated rings. The molecule has 0 aromatic heterocycles. The predicted octanol–water partition coefficient (Wildman–Crippen LogP) is 1.76. The summed E-state index contributed by atoms with van der Waals surface area (Å²) in [7, 11) is 0. The summed E-state index contributed by atoms with van der Waals surface area (Å²) in [6.07, 6.45) is 1.38. The van der Waals surface area contributed by atoms with Gasteiger partial charge in [-0.15, -0.1) is 0 Å². The van der Waals surface area contributed by atoms with Gasteiger partial charge in [-0.3, -0.25) is 4.90 Å². The summed E-state index contributed by atoms with van der Waals surface area (Å²) in [5.41, 5.74) is 0.888. The Balaban J connectivity index is 1.77. The highest BCUT2D eigenvalue weighted by molar-refractivity contribution is 6.30. The van der Waals surface area contributed by atoms with Crippen LogP contribution < -0.4 is 0 Å². The summed E-state index contributed by atoms with van der Waals surface area (Å²) in [6, 6.07) is 7.45. The Bertz CT molecular complexity index is 430. The summed E-state index contributed by atoms with van der Waals surface area (Å²) >= 11 is 5.96. The van der Waals surface area contributed by atoms with Crippen LogP contribution in [0.3, 0.4) is 0 Å². The molecule has 2 N–H and O–H groups in total. The first-order valence-corrected chi connectivity index (χ1v) is 8.06. The van der Waals surface area contributed by atoms with Crippen LogP contribution in [0.5, 0.6) is 0 Å². The molecule has 4 nitrogen and oxygen atoms in total. The molecular formula is C16H25ClN2O2. The van der Waals surface area contributed by atoms with Gasteiger partial charge in [0.1, 0.15) is 0 Å². The topological polar surface area (TPSA) is 46.9 Å². The predicted molar refractivity (Wildman–Crippen MR) is 85.6 cm³/mol. The van der Waals surface area contributed by atoms with E-state index in [2.05, 4.69) is 9.80 Å². The molecule has 1 atom stereocenters. The standard InChI is InChI=1S/C16H25ClN2O2/c17-15-4-1-3-14(13-15)16(21)5-8-18-6-2-7-19(10-9-18)11-12-20/h1,3-4,13,16,20-21H,2,5-12H2. The summed E-state index contributed by atoms with van der Waals surface area (Å²) in [5.74, 6) is 0. The molecule has 1 aromatic rings. The molecule has 5 heteroatoms. The van der Waals surface area contributed by atoms with Crippen molar-refractivity contribution in [1.82, 2.24) is 9.80 Å². The van der Waals surface area contributed by atoms with E-state index < -0.39 is 6.10 Å². The van der Waals surface area contributed by atoms with Crippen LogP contribution in [0.15, 0.2) is 24.3 Å². The van der Waals surface area contributed by atoms with Gasteiger partial charge in [0.15, 0.2) is 0 Å². The Morgan fingerprint density at radius 1 is 1.10 bits per heavy atom. The molecule has 1 aliphatic heterocycles. The number of hydrogen-bond donors (Lipinski definition) is 2. The first kappa shape index (κ1) is 16.7. The highest BCUT2D eigenvalue weighted by Crippen LogP contribution is 2.20. The van der Waals surface area contributed by atoms with E-state index in [9.17, 15) is 5.11 Å². The van der Waals surface area contributed by atoms with Crippen LogP contribution in [-0.2, 0) is 0 Å². The van der Waals surface area contributed by atoms with Crippen molar-refractivity contribution in [3.8, 4) is 0 Å². The minimum atomic E-state index is -0.458. The molecule has 0 amide bonds. The van der Waals surface area contributed by atoms with Gasteiger partial charge in [0.25, 0.3) is 0 Å². The molecule has 1 aromatic carbocycles. The quantitative estimate of drug-likeness (QED) is 0.840. The van der Waals surface area contributed by atoms with E-state index in [-0.39, 0.29) is 6.61 Å². The third kappa shape index (κ3) is 5.57. The second kappa shape index (κ2) is 8.71. The van der Waals surface area contributed by atoms with Crippen LogP contribution in [0, 0.1) is 0 Å². The second-order valence-electron chi connectivity index (χ2n) is 5.62. The van der Waals surface area contributed by atoms with Gasteiger partial charge in [-0.2, -0.15) is 0 Å². The van der Waals surface area contributed by atoms with Gasteiger partial charge in [0, 0.05) is 31.2 Å². The van der Waals surface area contributed by atoms with E-state index in [0.717, 1.165) is 57.7 Å². The number of rotatable bonds is 6. The van der Waals surface area contributed by atoms with E-state index in [1.807, 2.05) is 24.3 Å². The van der Waals surface area contributed by atoms with E-state index in [4.69, 9.17) is 16.7 Å². The normalized spacial score (nSPS) is 19.4. The molecule has 1 heterocycles. The lowest BCUT2D eigenvalue weighted by molar-refractivity contribution is 0.141. The Hall–Kier alpha value is -0.650. The average molecular weight is 313 g/mol. The third-order valence-corrected chi connectivity index (χ3v) is 4.28. The maximum absolute atomic E-state index is 10.3. The monoisotopic (exact) mass is 312 g/mol. The molecule has 0 spiro atoms. The summed E-state index contributed by atoms with van der Waals surface area (Å²) in [6.45, 7) is 5.99. The van der Waals surface area contributed by atoms with Crippen molar-refractivity contribution < 1.29 is 10.2 Å². The molecule has 1 saturated heterocycles. The van der Waals surface area contributed by atoms with Gasteiger partial charge in [-0.25, -0.2) is 0 Å². The van der Waals surface area contributed by atoms with Crippen molar-refractivity contribution in [2.75, 3.05) is 45.9 Å². The number of hydrogen-bond acceptors (Lipinski definition) is 4. The number of aliphatic hydroxyl groups is 2. The van der Waals surface area contributed by atoms with Gasteiger partial charge in [-0.1, -0.05) is 23.7 Å². The minimum absolute atomic E-state index is 0.230. The van der Waals surface area contributed by atoms with Gasteiger partial charge in [0.05, 0.1) is 12.7 Å². The first-order valence-electron chi connectivity index (χ1n) is 7.68. The lowest BCUT2D eigenvalue weighted by atomic mass is 10.1. The molecule has 21 heavy (non-hydrogen) atoms. The van der Waals surface area contributed by atoms with Crippen molar-refractivity contribution in [2.45, 2.75) is 18.9 Å². The highest BCUT2D eigenvalue weighted by atomic mass is 35.5. The largest absolute Gasteiger partial charge is 0.395 e. The van der Waals surface area contributed by atoms with Gasteiger partial charge in [-0.05, 0) is 43.6 Å².